The molecule has 2 aromatic rings. The molecule has 1 atom stereocenters. The highest BCUT2D eigenvalue weighted by Crippen LogP contribution is 2.31. The van der Waals surface area contributed by atoms with E-state index in [0.29, 0.717) is 37.8 Å². The van der Waals surface area contributed by atoms with E-state index in [2.05, 4.69) is 0 Å². The third-order valence-electron chi connectivity index (χ3n) is 4.42. The van der Waals surface area contributed by atoms with Crippen LogP contribution in [-0.4, -0.2) is 57.7 Å². The maximum atomic E-state index is 12.6. The summed E-state index contributed by atoms with van der Waals surface area (Å²) in [5, 5.41) is 0. The summed E-state index contributed by atoms with van der Waals surface area (Å²) in [6, 6.07) is 12.8. The minimum absolute atomic E-state index is 0.0410. The molecule has 1 saturated heterocycles. The minimum Gasteiger partial charge on any atom is -0.485 e. The largest absolute Gasteiger partial charge is 0.485 e. The van der Waals surface area contributed by atoms with Crippen LogP contribution in [0.3, 0.4) is 0 Å². The zero-order chi connectivity index (χ0) is 19.6. The molecule has 0 spiro atoms. The van der Waals surface area contributed by atoms with Crippen LogP contribution in [0.25, 0.3) is 0 Å². The van der Waals surface area contributed by atoms with Crippen molar-refractivity contribution >= 4 is 16.0 Å². The summed E-state index contributed by atoms with van der Waals surface area (Å²) in [6.07, 6.45) is -0.897. The predicted octanol–water partition coefficient (Wildman–Crippen LogP) is 1.45. The number of morpholine rings is 1. The number of nitrogens with zero attached hydrogens (tertiary/aromatic N) is 1. The molecule has 0 aromatic heterocycles. The summed E-state index contributed by atoms with van der Waals surface area (Å²) in [5.41, 5.74) is 0. The van der Waals surface area contributed by atoms with Crippen molar-refractivity contribution in [2.45, 2.75) is 11.0 Å². The molecule has 0 aliphatic carbocycles. The molecule has 9 heteroatoms. The van der Waals surface area contributed by atoms with Gasteiger partial charge in [0.15, 0.2) is 11.5 Å². The van der Waals surface area contributed by atoms with E-state index >= 15 is 0 Å². The second kappa shape index (κ2) is 7.78. The quantitative estimate of drug-likeness (QED) is 0.562. The van der Waals surface area contributed by atoms with Gasteiger partial charge in [-0.2, -0.15) is 4.31 Å². The van der Waals surface area contributed by atoms with Gasteiger partial charge in [-0.25, -0.2) is 13.2 Å². The molecule has 2 aliphatic heterocycles. The van der Waals surface area contributed by atoms with Gasteiger partial charge in [-0.15, -0.1) is 0 Å². The zero-order valence-corrected chi connectivity index (χ0v) is 15.8. The van der Waals surface area contributed by atoms with Gasteiger partial charge in [0.2, 0.25) is 16.1 Å². The first-order valence-electron chi connectivity index (χ1n) is 8.82. The van der Waals surface area contributed by atoms with Crippen molar-refractivity contribution in [3.63, 3.8) is 0 Å². The van der Waals surface area contributed by atoms with E-state index in [1.165, 1.54) is 28.6 Å². The zero-order valence-electron chi connectivity index (χ0n) is 14.9. The Bertz CT molecular complexity index is 953. The number of benzene rings is 2. The van der Waals surface area contributed by atoms with Crippen molar-refractivity contribution in [3.8, 4) is 17.2 Å². The molecule has 8 nitrogen and oxygen atoms in total. The van der Waals surface area contributed by atoms with Gasteiger partial charge in [0.25, 0.3) is 0 Å². The molecular formula is C19H19NO7S. The fourth-order valence-electron chi connectivity index (χ4n) is 2.93. The molecule has 0 unspecified atom stereocenters. The van der Waals surface area contributed by atoms with E-state index in [9.17, 15) is 13.2 Å². The summed E-state index contributed by atoms with van der Waals surface area (Å²) in [5.74, 6) is 0.665. The summed E-state index contributed by atoms with van der Waals surface area (Å²) < 4.78 is 48.2. The molecule has 2 aromatic carbocycles. The molecule has 2 aliphatic rings. The van der Waals surface area contributed by atoms with E-state index in [1.807, 2.05) is 6.07 Å². The van der Waals surface area contributed by atoms with Gasteiger partial charge in [0.1, 0.15) is 12.4 Å². The van der Waals surface area contributed by atoms with Gasteiger partial charge in [-0.3, -0.25) is 0 Å². The van der Waals surface area contributed by atoms with Crippen LogP contribution in [-0.2, 0) is 19.6 Å². The Labute approximate surface area is 162 Å². The van der Waals surface area contributed by atoms with E-state index in [0.717, 1.165) is 0 Å². The summed E-state index contributed by atoms with van der Waals surface area (Å²) in [7, 11) is -3.59. The molecule has 1 fully saturated rings. The maximum absolute atomic E-state index is 12.6. The van der Waals surface area contributed by atoms with Gasteiger partial charge < -0.3 is 18.9 Å². The first-order valence-corrected chi connectivity index (χ1v) is 10.3. The lowest BCUT2D eigenvalue weighted by molar-refractivity contribution is -0.144. The summed E-state index contributed by atoms with van der Waals surface area (Å²) in [4.78, 5) is 12.5. The Morgan fingerprint density at radius 2 is 1.68 bits per heavy atom. The second-order valence-electron chi connectivity index (χ2n) is 6.27. The monoisotopic (exact) mass is 405 g/mol. The third kappa shape index (κ3) is 3.82. The number of para-hydroxylation sites is 2. The van der Waals surface area contributed by atoms with Crippen LogP contribution in [0, 0.1) is 0 Å². The number of hydrogen-bond acceptors (Lipinski definition) is 7. The average Bonchev–Trinajstić information content (AvgIpc) is 2.74. The first-order chi connectivity index (χ1) is 13.5. The topological polar surface area (TPSA) is 91.4 Å². The molecule has 0 radical (unpaired) electrons. The van der Waals surface area contributed by atoms with Crippen molar-refractivity contribution < 1.29 is 32.2 Å². The fraction of sp³-hybridized carbons (Fsp3) is 0.316. The van der Waals surface area contributed by atoms with Crippen LogP contribution in [0.5, 0.6) is 17.2 Å². The molecule has 0 N–H and O–H groups in total. The van der Waals surface area contributed by atoms with Gasteiger partial charge in [0, 0.05) is 13.1 Å². The number of hydrogen-bond donors (Lipinski definition) is 0. The Balaban J connectivity index is 1.41. The molecule has 0 bridgehead atoms. The number of ether oxygens (including phenoxy) is 4. The van der Waals surface area contributed by atoms with Crippen molar-refractivity contribution in [3.05, 3.63) is 48.5 Å². The third-order valence-corrected chi connectivity index (χ3v) is 6.33. The number of esters is 1. The highest BCUT2D eigenvalue weighted by Gasteiger charge is 2.30. The van der Waals surface area contributed by atoms with Crippen LogP contribution in [0.4, 0.5) is 0 Å². The molecule has 2 heterocycles. The lowest BCUT2D eigenvalue weighted by Gasteiger charge is -2.26. The first kappa shape index (κ1) is 18.7. The molecule has 0 amide bonds. The van der Waals surface area contributed by atoms with Gasteiger partial charge >= 0.3 is 5.97 Å². The van der Waals surface area contributed by atoms with Gasteiger partial charge in [-0.1, -0.05) is 12.1 Å². The number of sulfonamides is 1. The van der Waals surface area contributed by atoms with Crippen LogP contribution < -0.4 is 14.2 Å². The van der Waals surface area contributed by atoms with E-state index < -0.39 is 22.1 Å². The Morgan fingerprint density at radius 3 is 2.39 bits per heavy atom. The smallest absolute Gasteiger partial charge is 0.356 e. The fourth-order valence-corrected chi connectivity index (χ4v) is 4.34. The van der Waals surface area contributed by atoms with Crippen molar-refractivity contribution in [1.29, 1.82) is 0 Å². The molecule has 148 valence electrons. The van der Waals surface area contributed by atoms with Crippen LogP contribution in [0.2, 0.25) is 0 Å². The highest BCUT2D eigenvalue weighted by molar-refractivity contribution is 7.89. The SMILES string of the molecule is O=C(Oc1ccc(S(=O)(=O)N2CCOCC2)cc1)[C@H]1COc2ccccc2O1. The second-order valence-corrected chi connectivity index (χ2v) is 8.21. The molecule has 4 rings (SSSR count). The van der Waals surface area contributed by atoms with Crippen molar-refractivity contribution in [1.82, 2.24) is 4.31 Å². The molecule has 0 saturated carbocycles. The highest BCUT2D eigenvalue weighted by atomic mass is 32.2. The van der Waals surface area contributed by atoms with Gasteiger partial charge in [0.05, 0.1) is 18.1 Å². The Morgan fingerprint density at radius 1 is 1.00 bits per heavy atom. The molecular weight excluding hydrogens is 386 g/mol. The maximum Gasteiger partial charge on any atom is 0.356 e. The van der Waals surface area contributed by atoms with E-state index in [4.69, 9.17) is 18.9 Å². The van der Waals surface area contributed by atoms with E-state index in [1.54, 1.807) is 18.2 Å². The molecule has 28 heavy (non-hydrogen) atoms. The van der Waals surface area contributed by atoms with Crippen molar-refractivity contribution in [2.75, 3.05) is 32.9 Å². The Hall–Kier alpha value is -2.62. The minimum atomic E-state index is -3.59. The van der Waals surface area contributed by atoms with Crippen LogP contribution >= 0.6 is 0 Å². The lowest BCUT2D eigenvalue weighted by atomic mass is 10.2. The lowest BCUT2D eigenvalue weighted by Crippen LogP contribution is -2.40. The van der Waals surface area contributed by atoms with Gasteiger partial charge in [-0.05, 0) is 36.4 Å². The van der Waals surface area contributed by atoms with E-state index in [-0.39, 0.29) is 17.3 Å². The normalized spacial score (nSPS) is 19.8. The number of carbonyl (C=O) groups is 1. The average molecular weight is 405 g/mol. The summed E-state index contributed by atoms with van der Waals surface area (Å²) in [6.45, 7) is 1.43. The number of rotatable bonds is 4. The van der Waals surface area contributed by atoms with Crippen LogP contribution in [0.1, 0.15) is 0 Å². The number of carbonyl (C=O) groups excluding carboxylic acids is 1. The van der Waals surface area contributed by atoms with Crippen LogP contribution in [0.15, 0.2) is 53.4 Å². The predicted molar refractivity (Wildman–Crippen MR) is 98.0 cm³/mol. The number of fused-ring (bicyclic) bond motifs is 1. The standard InChI is InChI=1S/C19H19NO7S/c21-19(18-13-25-16-3-1-2-4-17(16)27-18)26-14-5-7-15(8-6-14)28(22,23)20-9-11-24-12-10-20/h1-8,18H,9-13H2/t18-/m1/s1. The summed E-state index contributed by atoms with van der Waals surface area (Å²) >= 11 is 0. The van der Waals surface area contributed by atoms with Crippen molar-refractivity contribution in [2.24, 2.45) is 0 Å². The Kier molecular flexibility index (Phi) is 5.21.